The number of rotatable bonds is 3. The Balaban J connectivity index is 1.70. The minimum absolute atomic E-state index is 0.0206. The van der Waals surface area contributed by atoms with Crippen molar-refractivity contribution in [2.75, 3.05) is 5.32 Å². The molecule has 1 aromatic heterocycles. The van der Waals surface area contributed by atoms with E-state index in [0.29, 0.717) is 6.42 Å². The molecule has 3 rings (SSSR count). The van der Waals surface area contributed by atoms with Gasteiger partial charge in [0.25, 0.3) is 0 Å². The van der Waals surface area contributed by atoms with Crippen molar-refractivity contribution in [1.82, 2.24) is 9.97 Å². The number of amides is 1. The lowest BCUT2D eigenvalue weighted by atomic mass is 10.1. The molecule has 0 radical (unpaired) electrons. The number of carbonyl (C=O) groups excluding carboxylic acids is 1. The van der Waals surface area contributed by atoms with E-state index in [-0.39, 0.29) is 5.91 Å². The first-order valence-corrected chi connectivity index (χ1v) is 6.49. The number of hydrogen-bond acceptors (Lipinski definition) is 2. The highest BCUT2D eigenvalue weighted by Gasteiger charge is 2.05. The molecule has 2 aromatic carbocycles. The second-order valence-electron chi connectivity index (χ2n) is 4.85. The van der Waals surface area contributed by atoms with Gasteiger partial charge in [-0.05, 0) is 30.7 Å². The average molecular weight is 265 g/mol. The number of H-pyrrole nitrogens is 1. The molecule has 1 amide bonds. The number of aromatic amines is 1. The molecule has 4 nitrogen and oxygen atoms in total. The van der Waals surface area contributed by atoms with E-state index < -0.39 is 0 Å². The summed E-state index contributed by atoms with van der Waals surface area (Å²) >= 11 is 0. The van der Waals surface area contributed by atoms with Gasteiger partial charge in [0.2, 0.25) is 5.91 Å². The summed E-state index contributed by atoms with van der Waals surface area (Å²) in [6.07, 6.45) is 2.02. The zero-order chi connectivity index (χ0) is 13.9. The minimum Gasteiger partial charge on any atom is -0.345 e. The standard InChI is InChI=1S/C16H15N3O/c1-11-2-4-12(5-3-11)8-16(20)19-13-6-7-14-15(9-13)18-10-17-14/h2-7,9-10H,8H2,1H3,(H,17,18)(H,19,20). The summed E-state index contributed by atoms with van der Waals surface area (Å²) in [5.41, 5.74) is 4.79. The smallest absolute Gasteiger partial charge is 0.228 e. The van der Waals surface area contributed by atoms with Crippen LogP contribution in [0.15, 0.2) is 48.8 Å². The number of hydrogen-bond donors (Lipinski definition) is 2. The number of carbonyl (C=O) groups is 1. The summed E-state index contributed by atoms with van der Waals surface area (Å²) in [6, 6.07) is 13.6. The van der Waals surface area contributed by atoms with Crippen LogP contribution < -0.4 is 5.32 Å². The van der Waals surface area contributed by atoms with Gasteiger partial charge in [-0.1, -0.05) is 29.8 Å². The summed E-state index contributed by atoms with van der Waals surface area (Å²) in [5.74, 6) is -0.0206. The first kappa shape index (κ1) is 12.4. The third-order valence-electron chi connectivity index (χ3n) is 3.19. The van der Waals surface area contributed by atoms with Crippen LogP contribution in [-0.4, -0.2) is 15.9 Å². The quantitative estimate of drug-likeness (QED) is 0.764. The lowest BCUT2D eigenvalue weighted by molar-refractivity contribution is -0.115. The van der Waals surface area contributed by atoms with E-state index in [9.17, 15) is 4.79 Å². The monoisotopic (exact) mass is 265 g/mol. The Hall–Kier alpha value is -2.62. The van der Waals surface area contributed by atoms with E-state index in [0.717, 1.165) is 22.3 Å². The highest BCUT2D eigenvalue weighted by atomic mass is 16.1. The van der Waals surface area contributed by atoms with Gasteiger partial charge in [0.05, 0.1) is 23.8 Å². The molecule has 0 atom stereocenters. The molecule has 4 heteroatoms. The topological polar surface area (TPSA) is 57.8 Å². The van der Waals surface area contributed by atoms with Gasteiger partial charge >= 0.3 is 0 Å². The predicted octanol–water partition coefficient (Wildman–Crippen LogP) is 3.05. The number of anilines is 1. The van der Waals surface area contributed by atoms with Crippen LogP contribution in [0.4, 0.5) is 5.69 Å². The SMILES string of the molecule is Cc1ccc(CC(=O)Nc2ccc3nc[nH]c3c2)cc1. The number of benzene rings is 2. The van der Waals surface area contributed by atoms with Gasteiger partial charge in [0.1, 0.15) is 0 Å². The highest BCUT2D eigenvalue weighted by molar-refractivity contribution is 5.94. The van der Waals surface area contributed by atoms with Gasteiger partial charge < -0.3 is 10.3 Å². The van der Waals surface area contributed by atoms with Crippen molar-refractivity contribution < 1.29 is 4.79 Å². The van der Waals surface area contributed by atoms with Crippen LogP contribution in [0.1, 0.15) is 11.1 Å². The van der Waals surface area contributed by atoms with Gasteiger partial charge in [-0.2, -0.15) is 0 Å². The molecule has 3 aromatic rings. The van der Waals surface area contributed by atoms with Crippen LogP contribution >= 0.6 is 0 Å². The number of aryl methyl sites for hydroxylation is 1. The summed E-state index contributed by atoms with van der Waals surface area (Å²) in [7, 11) is 0. The molecule has 0 aliphatic rings. The summed E-state index contributed by atoms with van der Waals surface area (Å²) in [6.45, 7) is 2.03. The molecular weight excluding hydrogens is 250 g/mol. The zero-order valence-electron chi connectivity index (χ0n) is 11.2. The maximum atomic E-state index is 12.0. The second kappa shape index (κ2) is 5.17. The first-order valence-electron chi connectivity index (χ1n) is 6.49. The highest BCUT2D eigenvalue weighted by Crippen LogP contribution is 2.16. The molecule has 0 saturated carbocycles. The molecule has 100 valence electrons. The van der Waals surface area contributed by atoms with Crippen molar-refractivity contribution >= 4 is 22.6 Å². The summed E-state index contributed by atoms with van der Waals surface area (Å²) < 4.78 is 0. The summed E-state index contributed by atoms with van der Waals surface area (Å²) in [5, 5.41) is 2.90. The fourth-order valence-electron chi connectivity index (χ4n) is 2.11. The van der Waals surface area contributed by atoms with Crippen LogP contribution in [-0.2, 0) is 11.2 Å². The lowest BCUT2D eigenvalue weighted by Crippen LogP contribution is -2.14. The van der Waals surface area contributed by atoms with E-state index in [1.165, 1.54) is 5.56 Å². The van der Waals surface area contributed by atoms with Crippen molar-refractivity contribution in [1.29, 1.82) is 0 Å². The average Bonchev–Trinajstić information content (AvgIpc) is 2.89. The van der Waals surface area contributed by atoms with Crippen LogP contribution in [0.5, 0.6) is 0 Å². The van der Waals surface area contributed by atoms with Crippen molar-refractivity contribution in [2.24, 2.45) is 0 Å². The maximum absolute atomic E-state index is 12.0. The van der Waals surface area contributed by atoms with E-state index in [1.54, 1.807) is 6.33 Å². The lowest BCUT2D eigenvalue weighted by Gasteiger charge is -2.05. The zero-order valence-corrected chi connectivity index (χ0v) is 11.2. The van der Waals surface area contributed by atoms with Crippen LogP contribution in [0.3, 0.4) is 0 Å². The Kier molecular flexibility index (Phi) is 3.21. The Labute approximate surface area is 116 Å². The first-order chi connectivity index (χ1) is 9.70. The molecule has 20 heavy (non-hydrogen) atoms. The molecule has 0 saturated heterocycles. The fourth-order valence-corrected chi connectivity index (χ4v) is 2.11. The van der Waals surface area contributed by atoms with Gasteiger partial charge in [-0.15, -0.1) is 0 Å². The van der Waals surface area contributed by atoms with Crippen molar-refractivity contribution in [3.8, 4) is 0 Å². The van der Waals surface area contributed by atoms with Gasteiger partial charge in [-0.3, -0.25) is 4.79 Å². The molecule has 0 fully saturated rings. The van der Waals surface area contributed by atoms with E-state index >= 15 is 0 Å². The van der Waals surface area contributed by atoms with Gasteiger partial charge in [0, 0.05) is 5.69 Å². The van der Waals surface area contributed by atoms with Crippen LogP contribution in [0.25, 0.3) is 11.0 Å². The number of nitrogens with zero attached hydrogens (tertiary/aromatic N) is 1. The minimum atomic E-state index is -0.0206. The van der Waals surface area contributed by atoms with Crippen LogP contribution in [0, 0.1) is 6.92 Å². The second-order valence-corrected chi connectivity index (χ2v) is 4.85. The largest absolute Gasteiger partial charge is 0.345 e. The Morgan fingerprint density at radius 3 is 2.80 bits per heavy atom. The Morgan fingerprint density at radius 2 is 2.00 bits per heavy atom. The molecule has 0 spiro atoms. The van der Waals surface area contributed by atoms with Crippen LogP contribution in [0.2, 0.25) is 0 Å². The van der Waals surface area contributed by atoms with Crippen molar-refractivity contribution in [3.05, 3.63) is 59.9 Å². The van der Waals surface area contributed by atoms with E-state index in [2.05, 4.69) is 15.3 Å². The molecule has 1 heterocycles. The van der Waals surface area contributed by atoms with Crippen molar-refractivity contribution in [2.45, 2.75) is 13.3 Å². The number of fused-ring (bicyclic) bond motifs is 1. The molecule has 2 N–H and O–H groups in total. The van der Waals surface area contributed by atoms with E-state index in [1.807, 2.05) is 49.4 Å². The van der Waals surface area contributed by atoms with Gasteiger partial charge in [-0.25, -0.2) is 4.98 Å². The molecule has 0 aliphatic carbocycles. The molecular formula is C16H15N3O. The van der Waals surface area contributed by atoms with Crippen molar-refractivity contribution in [3.63, 3.8) is 0 Å². The molecule has 0 unspecified atom stereocenters. The normalized spacial score (nSPS) is 10.7. The number of aromatic nitrogens is 2. The van der Waals surface area contributed by atoms with Gasteiger partial charge in [0.15, 0.2) is 0 Å². The molecule has 0 aliphatic heterocycles. The maximum Gasteiger partial charge on any atom is 0.228 e. The third-order valence-corrected chi connectivity index (χ3v) is 3.19. The Morgan fingerprint density at radius 1 is 1.20 bits per heavy atom. The third kappa shape index (κ3) is 2.69. The van der Waals surface area contributed by atoms with E-state index in [4.69, 9.17) is 0 Å². The number of nitrogens with one attached hydrogen (secondary N) is 2. The molecule has 0 bridgehead atoms. The Bertz CT molecular complexity index is 744. The summed E-state index contributed by atoms with van der Waals surface area (Å²) in [4.78, 5) is 19.2. The predicted molar refractivity (Wildman–Crippen MR) is 79.6 cm³/mol. The fraction of sp³-hybridized carbons (Fsp3) is 0.125. The number of imidazole rings is 1.